The van der Waals surface area contributed by atoms with Gasteiger partial charge in [0.1, 0.15) is 0 Å². The fourth-order valence-corrected chi connectivity index (χ4v) is 1.53. The minimum Gasteiger partial charge on any atom is -0.469 e. The first-order valence-electron chi connectivity index (χ1n) is 5.25. The molecular weight excluding hydrogens is 226 g/mol. The lowest BCUT2D eigenvalue weighted by Gasteiger charge is -2.05. The van der Waals surface area contributed by atoms with Crippen molar-refractivity contribution in [2.75, 3.05) is 13.7 Å². The molecule has 0 aliphatic rings. The lowest BCUT2D eigenvalue weighted by Crippen LogP contribution is -2.16. The number of carbonyl (C=O) groups excluding carboxylic acids is 1. The van der Waals surface area contributed by atoms with E-state index < -0.39 is 0 Å². The summed E-state index contributed by atoms with van der Waals surface area (Å²) in [7, 11) is 1.40. The van der Waals surface area contributed by atoms with Crippen molar-refractivity contribution < 1.29 is 9.53 Å². The summed E-state index contributed by atoms with van der Waals surface area (Å²) in [6.07, 6.45) is 1.23. The summed E-state index contributed by atoms with van der Waals surface area (Å²) in [6, 6.07) is 7.71. The highest BCUT2D eigenvalue weighted by Crippen LogP contribution is 2.14. The zero-order chi connectivity index (χ0) is 11.8. The molecule has 0 unspecified atom stereocenters. The van der Waals surface area contributed by atoms with Crippen LogP contribution in [0.15, 0.2) is 24.3 Å². The molecule has 0 spiro atoms. The van der Waals surface area contributed by atoms with E-state index in [1.807, 2.05) is 24.3 Å². The van der Waals surface area contributed by atoms with Gasteiger partial charge < -0.3 is 10.1 Å². The van der Waals surface area contributed by atoms with Crippen molar-refractivity contribution in [1.82, 2.24) is 5.32 Å². The van der Waals surface area contributed by atoms with Crippen LogP contribution in [0.4, 0.5) is 0 Å². The topological polar surface area (TPSA) is 38.3 Å². The average molecular weight is 242 g/mol. The molecule has 0 aliphatic carbocycles. The highest BCUT2D eigenvalue weighted by Gasteiger charge is 2.00. The van der Waals surface area contributed by atoms with Gasteiger partial charge in [-0.1, -0.05) is 29.8 Å². The van der Waals surface area contributed by atoms with Crippen LogP contribution in [0.2, 0.25) is 5.02 Å². The number of benzene rings is 1. The Balaban J connectivity index is 2.17. The number of esters is 1. The van der Waals surface area contributed by atoms with Crippen LogP contribution in [0.1, 0.15) is 18.4 Å². The zero-order valence-electron chi connectivity index (χ0n) is 9.33. The molecule has 0 amide bonds. The second kappa shape index (κ2) is 7.25. The molecule has 3 nitrogen and oxygen atoms in total. The maximum Gasteiger partial charge on any atom is 0.305 e. The standard InChI is InChI=1S/C12H16ClNO2/c1-16-12(15)7-4-8-14-9-10-5-2-3-6-11(10)13/h2-3,5-6,14H,4,7-9H2,1H3. The molecule has 0 saturated carbocycles. The van der Waals surface area contributed by atoms with Gasteiger partial charge in [-0.15, -0.1) is 0 Å². The van der Waals surface area contributed by atoms with Crippen LogP contribution in [0.5, 0.6) is 0 Å². The molecule has 4 heteroatoms. The fraction of sp³-hybridized carbons (Fsp3) is 0.417. The third-order valence-electron chi connectivity index (χ3n) is 2.24. The van der Waals surface area contributed by atoms with Crippen molar-refractivity contribution in [2.45, 2.75) is 19.4 Å². The van der Waals surface area contributed by atoms with E-state index in [0.717, 1.165) is 30.1 Å². The van der Waals surface area contributed by atoms with Crippen molar-refractivity contribution in [3.05, 3.63) is 34.9 Å². The summed E-state index contributed by atoms with van der Waals surface area (Å²) in [5.41, 5.74) is 1.07. The Labute approximate surface area is 101 Å². The predicted molar refractivity (Wildman–Crippen MR) is 64.4 cm³/mol. The Kier molecular flexibility index (Phi) is 5.90. The van der Waals surface area contributed by atoms with Crippen molar-refractivity contribution in [3.63, 3.8) is 0 Å². The molecule has 1 aromatic carbocycles. The summed E-state index contributed by atoms with van der Waals surface area (Å²) in [6.45, 7) is 1.50. The molecule has 0 fully saturated rings. The van der Waals surface area contributed by atoms with Crippen LogP contribution in [0, 0.1) is 0 Å². The Morgan fingerprint density at radius 1 is 1.44 bits per heavy atom. The third-order valence-corrected chi connectivity index (χ3v) is 2.60. The van der Waals surface area contributed by atoms with Gasteiger partial charge in [0.25, 0.3) is 0 Å². The lowest BCUT2D eigenvalue weighted by molar-refractivity contribution is -0.140. The van der Waals surface area contributed by atoms with E-state index in [1.54, 1.807) is 0 Å². The molecule has 1 rings (SSSR count). The van der Waals surface area contributed by atoms with E-state index in [-0.39, 0.29) is 5.97 Å². The van der Waals surface area contributed by atoms with Crippen molar-refractivity contribution >= 4 is 17.6 Å². The largest absolute Gasteiger partial charge is 0.469 e. The van der Waals surface area contributed by atoms with Crippen molar-refractivity contribution in [2.24, 2.45) is 0 Å². The van der Waals surface area contributed by atoms with Crippen LogP contribution >= 0.6 is 11.6 Å². The zero-order valence-corrected chi connectivity index (χ0v) is 10.1. The maximum atomic E-state index is 10.8. The van der Waals surface area contributed by atoms with Gasteiger partial charge in [-0.2, -0.15) is 0 Å². The number of carbonyl (C=O) groups is 1. The number of ether oxygens (including phenoxy) is 1. The normalized spacial score (nSPS) is 10.1. The van der Waals surface area contributed by atoms with Crippen LogP contribution in [-0.4, -0.2) is 19.6 Å². The van der Waals surface area contributed by atoms with Crippen LogP contribution in [0.3, 0.4) is 0 Å². The number of hydrogen-bond donors (Lipinski definition) is 1. The van der Waals surface area contributed by atoms with Crippen LogP contribution in [0.25, 0.3) is 0 Å². The van der Waals surface area contributed by atoms with Gasteiger partial charge in [-0.05, 0) is 24.6 Å². The van der Waals surface area contributed by atoms with E-state index >= 15 is 0 Å². The first kappa shape index (κ1) is 13.0. The molecule has 0 radical (unpaired) electrons. The number of nitrogens with one attached hydrogen (secondary N) is 1. The predicted octanol–water partition coefficient (Wildman–Crippen LogP) is 2.38. The average Bonchev–Trinajstić information content (AvgIpc) is 2.30. The highest BCUT2D eigenvalue weighted by molar-refractivity contribution is 6.31. The van der Waals surface area contributed by atoms with E-state index in [4.69, 9.17) is 11.6 Å². The van der Waals surface area contributed by atoms with Gasteiger partial charge in [0, 0.05) is 18.0 Å². The summed E-state index contributed by atoms with van der Waals surface area (Å²) in [5, 5.41) is 4.00. The fourth-order valence-electron chi connectivity index (χ4n) is 1.32. The van der Waals surface area contributed by atoms with E-state index in [0.29, 0.717) is 6.42 Å². The maximum absolute atomic E-state index is 10.8. The molecule has 88 valence electrons. The second-order valence-electron chi connectivity index (χ2n) is 3.45. The molecule has 1 aromatic rings. The molecular formula is C12H16ClNO2. The SMILES string of the molecule is COC(=O)CCCNCc1ccccc1Cl. The number of hydrogen-bond acceptors (Lipinski definition) is 3. The second-order valence-corrected chi connectivity index (χ2v) is 3.86. The minimum absolute atomic E-state index is 0.167. The molecule has 0 atom stereocenters. The Bertz CT molecular complexity index is 342. The lowest BCUT2D eigenvalue weighted by atomic mass is 10.2. The van der Waals surface area contributed by atoms with E-state index in [9.17, 15) is 4.79 Å². The van der Waals surface area contributed by atoms with Gasteiger partial charge in [-0.25, -0.2) is 0 Å². The molecule has 0 aliphatic heterocycles. The molecule has 0 bridgehead atoms. The van der Waals surface area contributed by atoms with Crippen LogP contribution < -0.4 is 5.32 Å². The molecule has 1 N–H and O–H groups in total. The monoisotopic (exact) mass is 241 g/mol. The molecule has 0 heterocycles. The van der Waals surface area contributed by atoms with Gasteiger partial charge in [0.15, 0.2) is 0 Å². The van der Waals surface area contributed by atoms with Crippen LogP contribution in [-0.2, 0) is 16.1 Å². The molecule has 0 saturated heterocycles. The van der Waals surface area contributed by atoms with Crippen molar-refractivity contribution in [1.29, 1.82) is 0 Å². The van der Waals surface area contributed by atoms with Gasteiger partial charge >= 0.3 is 5.97 Å². The highest BCUT2D eigenvalue weighted by atomic mass is 35.5. The quantitative estimate of drug-likeness (QED) is 0.614. The summed E-state index contributed by atoms with van der Waals surface area (Å²) in [4.78, 5) is 10.8. The molecule has 16 heavy (non-hydrogen) atoms. The number of methoxy groups -OCH3 is 1. The summed E-state index contributed by atoms with van der Waals surface area (Å²) < 4.78 is 4.55. The first-order valence-corrected chi connectivity index (χ1v) is 5.63. The summed E-state index contributed by atoms with van der Waals surface area (Å²) >= 11 is 6.00. The molecule has 0 aromatic heterocycles. The van der Waals surface area contributed by atoms with Gasteiger partial charge in [0.05, 0.1) is 7.11 Å². The number of halogens is 1. The Morgan fingerprint density at radius 3 is 2.88 bits per heavy atom. The Hall–Kier alpha value is -1.06. The summed E-state index contributed by atoms with van der Waals surface area (Å²) in [5.74, 6) is -0.167. The van der Waals surface area contributed by atoms with Gasteiger partial charge in [0.2, 0.25) is 0 Å². The van der Waals surface area contributed by atoms with Crippen molar-refractivity contribution in [3.8, 4) is 0 Å². The minimum atomic E-state index is -0.167. The first-order chi connectivity index (χ1) is 7.74. The Morgan fingerprint density at radius 2 is 2.19 bits per heavy atom. The van der Waals surface area contributed by atoms with Gasteiger partial charge in [-0.3, -0.25) is 4.79 Å². The smallest absolute Gasteiger partial charge is 0.305 e. The third kappa shape index (κ3) is 4.64. The van der Waals surface area contributed by atoms with E-state index in [1.165, 1.54) is 7.11 Å². The van der Waals surface area contributed by atoms with E-state index in [2.05, 4.69) is 10.1 Å². The number of rotatable bonds is 6.